The molecule has 9 heteroatoms. The lowest BCUT2D eigenvalue weighted by Crippen LogP contribution is -2.41. The third-order valence-corrected chi connectivity index (χ3v) is 1.16. The number of hydrogen-bond donors (Lipinski definition) is 4. The third-order valence-electron chi connectivity index (χ3n) is 1.16. The Kier molecular flexibility index (Phi) is 7.98. The van der Waals surface area contributed by atoms with Gasteiger partial charge < -0.3 is 16.4 Å². The van der Waals surface area contributed by atoms with Crippen molar-refractivity contribution in [2.45, 2.75) is 6.18 Å². The van der Waals surface area contributed by atoms with Gasteiger partial charge in [0.2, 0.25) is 0 Å². The van der Waals surface area contributed by atoms with Crippen LogP contribution in [0.25, 0.3) is 0 Å². The Bertz CT molecular complexity index is 221. The molecule has 0 atom stereocenters. The monoisotopic (exact) mass is 248 g/mol. The number of nitrogens with one attached hydrogen (secondary N) is 3. The van der Waals surface area contributed by atoms with Gasteiger partial charge in [-0.1, -0.05) is 0 Å². The van der Waals surface area contributed by atoms with Gasteiger partial charge in [-0.15, -0.1) is 12.4 Å². The minimum atomic E-state index is -4.85. The fourth-order valence-corrected chi connectivity index (χ4v) is 0.588. The van der Waals surface area contributed by atoms with Crippen LogP contribution in [0.1, 0.15) is 0 Å². The SMILES string of the molecule is Cl.N=C(N)CNCCNC(=O)C(F)(F)F. The van der Waals surface area contributed by atoms with E-state index < -0.39 is 12.1 Å². The van der Waals surface area contributed by atoms with Crippen molar-refractivity contribution in [2.24, 2.45) is 5.73 Å². The quantitative estimate of drug-likeness (QED) is 0.303. The van der Waals surface area contributed by atoms with E-state index >= 15 is 0 Å². The summed E-state index contributed by atoms with van der Waals surface area (Å²) in [6.45, 7) is 0.0505. The molecule has 0 bridgehead atoms. The lowest BCUT2D eigenvalue weighted by atomic mass is 10.5. The van der Waals surface area contributed by atoms with Gasteiger partial charge in [0.05, 0.1) is 6.54 Å². The highest BCUT2D eigenvalue weighted by Crippen LogP contribution is 2.13. The predicted octanol–water partition coefficient (Wildman–Crippen LogP) is -0.388. The zero-order valence-electron chi connectivity index (χ0n) is 7.65. The van der Waals surface area contributed by atoms with E-state index in [-0.39, 0.29) is 37.9 Å². The Balaban J connectivity index is 0. The molecular weight excluding hydrogens is 237 g/mol. The van der Waals surface area contributed by atoms with Crippen LogP contribution in [0.2, 0.25) is 0 Å². The molecule has 0 aliphatic carbocycles. The largest absolute Gasteiger partial charge is 0.471 e. The van der Waals surface area contributed by atoms with Crippen molar-refractivity contribution >= 4 is 24.1 Å². The van der Waals surface area contributed by atoms with Gasteiger partial charge in [-0.25, -0.2) is 0 Å². The Labute approximate surface area is 90.5 Å². The summed E-state index contributed by atoms with van der Waals surface area (Å²) in [5.41, 5.74) is 4.96. The van der Waals surface area contributed by atoms with Gasteiger partial charge in [0.1, 0.15) is 5.84 Å². The molecule has 5 nitrogen and oxygen atoms in total. The average molecular weight is 249 g/mol. The molecule has 15 heavy (non-hydrogen) atoms. The Hall–Kier alpha value is -1.02. The first-order valence-corrected chi connectivity index (χ1v) is 3.72. The first-order chi connectivity index (χ1) is 6.34. The van der Waals surface area contributed by atoms with E-state index in [2.05, 4.69) is 5.32 Å². The second-order valence-electron chi connectivity index (χ2n) is 2.46. The normalized spacial score (nSPS) is 10.3. The van der Waals surface area contributed by atoms with Crippen LogP contribution in [0.15, 0.2) is 0 Å². The Morgan fingerprint density at radius 2 is 1.87 bits per heavy atom. The van der Waals surface area contributed by atoms with Gasteiger partial charge in [0.15, 0.2) is 0 Å². The average Bonchev–Trinajstić information content (AvgIpc) is 2.01. The van der Waals surface area contributed by atoms with Crippen LogP contribution >= 0.6 is 12.4 Å². The van der Waals surface area contributed by atoms with Crippen molar-refractivity contribution in [2.75, 3.05) is 19.6 Å². The first-order valence-electron chi connectivity index (χ1n) is 3.72. The van der Waals surface area contributed by atoms with E-state index in [1.54, 1.807) is 5.32 Å². The molecule has 5 N–H and O–H groups in total. The summed E-state index contributed by atoms with van der Waals surface area (Å²) in [5.74, 6) is -2.09. The van der Waals surface area contributed by atoms with Gasteiger partial charge in [0, 0.05) is 13.1 Å². The predicted molar refractivity (Wildman–Crippen MR) is 51.1 cm³/mol. The molecule has 0 spiro atoms. The van der Waals surface area contributed by atoms with Crippen molar-refractivity contribution in [3.8, 4) is 0 Å². The fourth-order valence-electron chi connectivity index (χ4n) is 0.588. The van der Waals surface area contributed by atoms with Crippen LogP contribution in [0, 0.1) is 5.41 Å². The molecule has 0 radical (unpaired) electrons. The lowest BCUT2D eigenvalue weighted by molar-refractivity contribution is -0.173. The molecule has 0 fully saturated rings. The number of carbonyl (C=O) groups excluding carboxylic acids is 1. The third kappa shape index (κ3) is 9.29. The minimum absolute atomic E-state index is 0. The van der Waals surface area contributed by atoms with E-state index in [1.807, 2.05) is 0 Å². The van der Waals surface area contributed by atoms with Gasteiger partial charge in [-0.05, 0) is 0 Å². The maximum atomic E-state index is 11.6. The zero-order valence-corrected chi connectivity index (χ0v) is 8.47. The molecule has 0 heterocycles. The highest BCUT2D eigenvalue weighted by Gasteiger charge is 2.38. The summed E-state index contributed by atoms with van der Waals surface area (Å²) >= 11 is 0. The second kappa shape index (κ2) is 7.30. The van der Waals surface area contributed by atoms with E-state index in [4.69, 9.17) is 11.1 Å². The minimum Gasteiger partial charge on any atom is -0.387 e. The second-order valence-corrected chi connectivity index (χ2v) is 2.46. The molecular formula is C6H12ClF3N4O. The molecule has 0 aromatic carbocycles. The molecule has 1 amide bonds. The van der Waals surface area contributed by atoms with Gasteiger partial charge >= 0.3 is 12.1 Å². The summed E-state index contributed by atoms with van der Waals surface area (Å²) in [5, 5.41) is 11.0. The molecule has 0 aliphatic rings. The van der Waals surface area contributed by atoms with Crippen molar-refractivity contribution < 1.29 is 18.0 Å². The summed E-state index contributed by atoms with van der Waals surface area (Å²) in [6, 6.07) is 0. The zero-order chi connectivity index (χ0) is 11.2. The molecule has 0 aromatic heterocycles. The number of amides is 1. The smallest absolute Gasteiger partial charge is 0.387 e. The number of halogens is 4. The number of hydrogen-bond acceptors (Lipinski definition) is 3. The fraction of sp³-hybridized carbons (Fsp3) is 0.667. The van der Waals surface area contributed by atoms with E-state index in [1.165, 1.54) is 0 Å². The summed E-state index contributed by atoms with van der Waals surface area (Å²) < 4.78 is 34.8. The number of nitrogens with two attached hydrogens (primary N) is 1. The topological polar surface area (TPSA) is 91.0 Å². The van der Waals surface area contributed by atoms with E-state index in [0.29, 0.717) is 0 Å². The van der Waals surface area contributed by atoms with E-state index in [9.17, 15) is 18.0 Å². The Morgan fingerprint density at radius 1 is 1.33 bits per heavy atom. The maximum Gasteiger partial charge on any atom is 0.471 e. The number of amidine groups is 1. The van der Waals surface area contributed by atoms with Gasteiger partial charge in [-0.3, -0.25) is 10.2 Å². The van der Waals surface area contributed by atoms with Crippen molar-refractivity contribution in [3.63, 3.8) is 0 Å². The lowest BCUT2D eigenvalue weighted by Gasteiger charge is -2.07. The summed E-state index contributed by atoms with van der Waals surface area (Å²) in [4.78, 5) is 10.2. The Morgan fingerprint density at radius 3 is 2.27 bits per heavy atom. The summed E-state index contributed by atoms with van der Waals surface area (Å²) in [6.07, 6.45) is -4.85. The first kappa shape index (κ1) is 16.4. The summed E-state index contributed by atoms with van der Waals surface area (Å²) in [7, 11) is 0. The van der Waals surface area contributed by atoms with Crippen molar-refractivity contribution in [3.05, 3.63) is 0 Å². The van der Waals surface area contributed by atoms with Crippen molar-refractivity contribution in [1.29, 1.82) is 5.41 Å². The molecule has 0 aliphatic heterocycles. The van der Waals surface area contributed by atoms with Crippen LogP contribution in [0.3, 0.4) is 0 Å². The van der Waals surface area contributed by atoms with Crippen LogP contribution in [-0.4, -0.2) is 37.6 Å². The van der Waals surface area contributed by atoms with E-state index in [0.717, 1.165) is 0 Å². The number of rotatable bonds is 5. The van der Waals surface area contributed by atoms with Crippen LogP contribution in [0.4, 0.5) is 13.2 Å². The van der Waals surface area contributed by atoms with Crippen LogP contribution in [0.5, 0.6) is 0 Å². The van der Waals surface area contributed by atoms with Crippen LogP contribution < -0.4 is 16.4 Å². The van der Waals surface area contributed by atoms with Crippen molar-refractivity contribution in [1.82, 2.24) is 10.6 Å². The number of carbonyl (C=O) groups is 1. The molecule has 90 valence electrons. The molecule has 0 rings (SSSR count). The van der Waals surface area contributed by atoms with Gasteiger partial charge in [0.25, 0.3) is 0 Å². The molecule has 0 saturated carbocycles. The highest BCUT2D eigenvalue weighted by atomic mass is 35.5. The maximum absolute atomic E-state index is 11.6. The highest BCUT2D eigenvalue weighted by molar-refractivity contribution is 5.85. The molecule has 0 aromatic rings. The molecule has 0 saturated heterocycles. The standard InChI is InChI=1S/C6H11F3N4O.ClH/c7-6(8,9)5(14)13-2-1-12-3-4(10)11;/h12H,1-3H2,(H3,10,11)(H,13,14);1H. The van der Waals surface area contributed by atoms with Gasteiger partial charge in [-0.2, -0.15) is 13.2 Å². The number of alkyl halides is 3. The van der Waals surface area contributed by atoms with Crippen LogP contribution in [-0.2, 0) is 4.79 Å². The molecule has 0 unspecified atom stereocenters.